The Morgan fingerprint density at radius 3 is 2.36 bits per heavy atom. The van der Waals surface area contributed by atoms with E-state index in [1.54, 1.807) is 0 Å². The van der Waals surface area contributed by atoms with E-state index < -0.39 is 18.3 Å². The van der Waals surface area contributed by atoms with Crippen LogP contribution in [0.15, 0.2) is 24.3 Å². The summed E-state index contributed by atoms with van der Waals surface area (Å²) in [5.41, 5.74) is 0.415. The molecule has 0 unspecified atom stereocenters. The summed E-state index contributed by atoms with van der Waals surface area (Å²) in [5.74, 6) is -0.925. The van der Waals surface area contributed by atoms with Gasteiger partial charge in [-0.25, -0.2) is 4.79 Å². The molecule has 6 nitrogen and oxygen atoms in total. The van der Waals surface area contributed by atoms with Gasteiger partial charge in [0.1, 0.15) is 5.75 Å². The van der Waals surface area contributed by atoms with E-state index in [1.165, 1.54) is 12.1 Å². The number of halogens is 3. The minimum atomic E-state index is -4.75. The molecule has 0 heterocycles. The van der Waals surface area contributed by atoms with Crippen LogP contribution in [0.25, 0.3) is 0 Å². The molecule has 0 saturated heterocycles. The van der Waals surface area contributed by atoms with E-state index in [0.29, 0.717) is 12.2 Å². The van der Waals surface area contributed by atoms with Crippen LogP contribution in [0.3, 0.4) is 0 Å². The maximum atomic E-state index is 12.0. The van der Waals surface area contributed by atoms with Gasteiger partial charge in [-0.15, -0.1) is 13.2 Å². The standard InChI is InChI=1S/C13H16F3N3O3/c1-2-7-17-12(21)19-11(20)8-18-9-3-5-10(6-4-9)22-13(14,15)16/h3-6,18H,2,7-8H2,1H3,(H2,17,19,20,21). The second kappa shape index (κ2) is 8.11. The lowest BCUT2D eigenvalue weighted by Crippen LogP contribution is -2.42. The van der Waals surface area contributed by atoms with E-state index in [0.717, 1.165) is 18.6 Å². The van der Waals surface area contributed by atoms with Gasteiger partial charge in [0.15, 0.2) is 0 Å². The minimum absolute atomic E-state index is 0.195. The van der Waals surface area contributed by atoms with Crippen LogP contribution in [0.2, 0.25) is 0 Å². The molecule has 0 aliphatic rings. The lowest BCUT2D eigenvalue weighted by molar-refractivity contribution is -0.274. The normalized spacial score (nSPS) is 10.7. The molecule has 1 aromatic rings. The van der Waals surface area contributed by atoms with Gasteiger partial charge in [-0.2, -0.15) is 0 Å². The molecule has 1 aromatic carbocycles. The molecular weight excluding hydrogens is 303 g/mol. The molecule has 1 rings (SSSR count). The minimum Gasteiger partial charge on any atom is -0.406 e. The molecule has 0 atom stereocenters. The van der Waals surface area contributed by atoms with Crippen molar-refractivity contribution in [1.82, 2.24) is 10.6 Å². The lowest BCUT2D eigenvalue weighted by Gasteiger charge is -2.10. The number of anilines is 1. The number of carbonyl (C=O) groups is 2. The fraction of sp³-hybridized carbons (Fsp3) is 0.385. The van der Waals surface area contributed by atoms with Gasteiger partial charge >= 0.3 is 12.4 Å². The van der Waals surface area contributed by atoms with Crippen LogP contribution in [-0.2, 0) is 4.79 Å². The number of hydrogen-bond donors (Lipinski definition) is 3. The topological polar surface area (TPSA) is 79.5 Å². The van der Waals surface area contributed by atoms with E-state index in [-0.39, 0.29) is 12.3 Å². The SMILES string of the molecule is CCCNC(=O)NC(=O)CNc1ccc(OC(F)(F)F)cc1. The van der Waals surface area contributed by atoms with E-state index in [1.807, 2.05) is 6.92 Å². The molecule has 0 saturated carbocycles. The predicted octanol–water partition coefficient (Wildman–Crippen LogP) is 2.23. The van der Waals surface area contributed by atoms with Crippen molar-refractivity contribution in [3.63, 3.8) is 0 Å². The molecule has 0 aliphatic carbocycles. The molecule has 0 fully saturated rings. The van der Waals surface area contributed by atoms with Crippen molar-refractivity contribution in [3.05, 3.63) is 24.3 Å². The highest BCUT2D eigenvalue weighted by Gasteiger charge is 2.30. The second-order valence-corrected chi connectivity index (χ2v) is 4.23. The van der Waals surface area contributed by atoms with Crippen LogP contribution in [-0.4, -0.2) is 31.4 Å². The third kappa shape index (κ3) is 7.36. The summed E-state index contributed by atoms with van der Waals surface area (Å²) in [5, 5.41) is 7.24. The van der Waals surface area contributed by atoms with Crippen LogP contribution in [0, 0.1) is 0 Å². The quantitative estimate of drug-likeness (QED) is 0.751. The number of ether oxygens (including phenoxy) is 1. The van der Waals surface area contributed by atoms with Gasteiger partial charge in [0.2, 0.25) is 5.91 Å². The number of urea groups is 1. The molecule has 0 bridgehead atoms. The Hall–Kier alpha value is -2.45. The van der Waals surface area contributed by atoms with Crippen molar-refractivity contribution in [3.8, 4) is 5.75 Å². The number of alkyl halides is 3. The first-order valence-corrected chi connectivity index (χ1v) is 6.47. The summed E-state index contributed by atoms with van der Waals surface area (Å²) < 4.78 is 39.6. The first kappa shape index (κ1) is 17.6. The third-order valence-electron chi connectivity index (χ3n) is 2.33. The van der Waals surface area contributed by atoms with Gasteiger partial charge in [-0.1, -0.05) is 6.92 Å². The number of rotatable bonds is 6. The van der Waals surface area contributed by atoms with Crippen molar-refractivity contribution >= 4 is 17.6 Å². The number of carbonyl (C=O) groups excluding carboxylic acids is 2. The van der Waals surface area contributed by atoms with E-state index in [4.69, 9.17) is 0 Å². The molecule has 0 radical (unpaired) electrons. The molecule has 22 heavy (non-hydrogen) atoms. The Morgan fingerprint density at radius 1 is 1.18 bits per heavy atom. The van der Waals surface area contributed by atoms with Gasteiger partial charge in [0, 0.05) is 12.2 Å². The zero-order chi connectivity index (χ0) is 16.6. The summed E-state index contributed by atoms with van der Waals surface area (Å²) in [6.45, 7) is 2.13. The van der Waals surface area contributed by atoms with E-state index in [2.05, 4.69) is 20.7 Å². The first-order chi connectivity index (χ1) is 10.3. The van der Waals surface area contributed by atoms with Gasteiger partial charge in [0.05, 0.1) is 6.54 Å². The lowest BCUT2D eigenvalue weighted by atomic mass is 10.3. The first-order valence-electron chi connectivity index (χ1n) is 6.47. The summed E-state index contributed by atoms with van der Waals surface area (Å²) >= 11 is 0. The smallest absolute Gasteiger partial charge is 0.406 e. The maximum absolute atomic E-state index is 12.0. The second-order valence-electron chi connectivity index (χ2n) is 4.23. The highest BCUT2D eigenvalue weighted by molar-refractivity contribution is 5.96. The van der Waals surface area contributed by atoms with Crippen molar-refractivity contribution in [2.45, 2.75) is 19.7 Å². The van der Waals surface area contributed by atoms with Crippen molar-refractivity contribution < 1.29 is 27.5 Å². The average Bonchev–Trinajstić information content (AvgIpc) is 2.42. The van der Waals surface area contributed by atoms with Crippen molar-refractivity contribution in [2.24, 2.45) is 0 Å². The van der Waals surface area contributed by atoms with Crippen LogP contribution in [0.1, 0.15) is 13.3 Å². The number of hydrogen-bond acceptors (Lipinski definition) is 4. The molecule has 3 N–H and O–H groups in total. The molecular formula is C13H16F3N3O3. The Balaban J connectivity index is 2.38. The fourth-order valence-corrected chi connectivity index (χ4v) is 1.41. The summed E-state index contributed by atoms with van der Waals surface area (Å²) in [6, 6.07) is 4.28. The largest absolute Gasteiger partial charge is 0.573 e. The monoisotopic (exact) mass is 319 g/mol. The molecule has 122 valence electrons. The Labute approximate surface area is 125 Å². The van der Waals surface area contributed by atoms with Gasteiger partial charge < -0.3 is 15.4 Å². The number of nitrogens with one attached hydrogen (secondary N) is 3. The molecule has 0 spiro atoms. The highest BCUT2D eigenvalue weighted by atomic mass is 19.4. The van der Waals surface area contributed by atoms with Crippen LogP contribution >= 0.6 is 0 Å². The predicted molar refractivity (Wildman–Crippen MR) is 73.4 cm³/mol. The van der Waals surface area contributed by atoms with Crippen LogP contribution in [0.4, 0.5) is 23.7 Å². The Morgan fingerprint density at radius 2 is 1.82 bits per heavy atom. The van der Waals surface area contributed by atoms with E-state index >= 15 is 0 Å². The van der Waals surface area contributed by atoms with Crippen LogP contribution in [0.5, 0.6) is 5.75 Å². The molecule has 0 aromatic heterocycles. The summed E-state index contributed by atoms with van der Waals surface area (Å²) in [7, 11) is 0. The number of imide groups is 1. The highest BCUT2D eigenvalue weighted by Crippen LogP contribution is 2.23. The third-order valence-corrected chi connectivity index (χ3v) is 2.33. The zero-order valence-corrected chi connectivity index (χ0v) is 11.8. The van der Waals surface area contributed by atoms with Crippen molar-refractivity contribution in [1.29, 1.82) is 0 Å². The molecule has 0 aliphatic heterocycles. The van der Waals surface area contributed by atoms with Gasteiger partial charge in [-0.3, -0.25) is 10.1 Å². The van der Waals surface area contributed by atoms with Crippen molar-refractivity contribution in [2.75, 3.05) is 18.4 Å². The fourth-order valence-electron chi connectivity index (χ4n) is 1.41. The van der Waals surface area contributed by atoms with Gasteiger partial charge in [-0.05, 0) is 30.7 Å². The average molecular weight is 319 g/mol. The van der Waals surface area contributed by atoms with Gasteiger partial charge in [0.25, 0.3) is 0 Å². The Bertz CT molecular complexity index is 503. The summed E-state index contributed by atoms with van der Waals surface area (Å²) in [4.78, 5) is 22.6. The van der Waals surface area contributed by atoms with Crippen LogP contribution < -0.4 is 20.7 Å². The number of benzene rings is 1. The Kier molecular flexibility index (Phi) is 6.48. The zero-order valence-electron chi connectivity index (χ0n) is 11.8. The number of amides is 3. The molecule has 3 amide bonds. The molecule has 9 heteroatoms. The summed E-state index contributed by atoms with van der Waals surface area (Å²) in [6.07, 6.45) is -4.01. The maximum Gasteiger partial charge on any atom is 0.573 e. The van der Waals surface area contributed by atoms with E-state index in [9.17, 15) is 22.8 Å².